The Balaban J connectivity index is 2.14. The summed E-state index contributed by atoms with van der Waals surface area (Å²) in [5.74, 6) is 1.13. The van der Waals surface area contributed by atoms with Crippen LogP contribution in [-0.4, -0.2) is 28.8 Å². The van der Waals surface area contributed by atoms with E-state index in [1.807, 2.05) is 24.9 Å². The summed E-state index contributed by atoms with van der Waals surface area (Å²) in [6.45, 7) is 0. The summed E-state index contributed by atoms with van der Waals surface area (Å²) >= 11 is 13.4. The lowest BCUT2D eigenvalue weighted by atomic mass is 9.99. The molecule has 1 aliphatic heterocycles. The molecule has 2 unspecified atom stereocenters. The van der Waals surface area contributed by atoms with Crippen LogP contribution in [0.3, 0.4) is 0 Å². The molecule has 0 fully saturated rings. The van der Waals surface area contributed by atoms with Crippen molar-refractivity contribution in [3.8, 4) is 0 Å². The predicted octanol–water partition coefficient (Wildman–Crippen LogP) is 3.15. The highest BCUT2D eigenvalue weighted by atomic mass is 35.5. The fourth-order valence-corrected chi connectivity index (χ4v) is 3.70. The van der Waals surface area contributed by atoms with E-state index < -0.39 is 10.9 Å². The van der Waals surface area contributed by atoms with Crippen LogP contribution in [0, 0.1) is 0 Å². The molecule has 2 N–H and O–H groups in total. The molecule has 0 saturated carbocycles. The van der Waals surface area contributed by atoms with Crippen LogP contribution in [-0.2, 0) is 6.42 Å². The molecule has 2 nitrogen and oxygen atoms in total. The van der Waals surface area contributed by atoms with Crippen LogP contribution in [0.2, 0.25) is 0 Å². The van der Waals surface area contributed by atoms with Crippen LogP contribution in [0.25, 0.3) is 0 Å². The molecule has 100 valence electrons. The van der Waals surface area contributed by atoms with Crippen molar-refractivity contribution in [2.75, 3.05) is 12.8 Å². The molecule has 0 aromatic heterocycles. The van der Waals surface area contributed by atoms with Crippen molar-refractivity contribution in [1.82, 2.24) is 5.32 Å². The minimum Gasteiger partial charge on any atom is -0.387 e. The Morgan fingerprint density at radius 1 is 1.44 bits per heavy atom. The van der Waals surface area contributed by atoms with Crippen molar-refractivity contribution in [1.29, 1.82) is 0 Å². The van der Waals surface area contributed by atoms with Crippen molar-refractivity contribution < 1.29 is 5.11 Å². The van der Waals surface area contributed by atoms with E-state index in [1.54, 1.807) is 0 Å². The first-order valence-corrected chi connectivity index (χ1v) is 7.86. The maximum absolute atomic E-state index is 10.4. The van der Waals surface area contributed by atoms with Crippen molar-refractivity contribution >= 4 is 35.0 Å². The highest BCUT2D eigenvalue weighted by Gasteiger charge is 2.23. The minimum atomic E-state index is -0.582. The second-order valence-electron chi connectivity index (χ2n) is 4.43. The minimum absolute atomic E-state index is 0.130. The Kier molecular flexibility index (Phi) is 5.22. The molecule has 0 amide bonds. The number of fused-ring (bicyclic) bond motifs is 1. The van der Waals surface area contributed by atoms with Gasteiger partial charge in [-0.15, -0.1) is 35.0 Å². The Morgan fingerprint density at radius 3 is 2.89 bits per heavy atom. The van der Waals surface area contributed by atoms with Gasteiger partial charge in [0.2, 0.25) is 0 Å². The Hall–Kier alpha value is 0.0700. The number of benzene rings is 1. The fourth-order valence-electron chi connectivity index (χ4n) is 2.20. The first kappa shape index (κ1) is 14.5. The van der Waals surface area contributed by atoms with Crippen LogP contribution in [0.1, 0.15) is 23.7 Å². The highest BCUT2D eigenvalue weighted by Crippen LogP contribution is 2.34. The molecule has 0 saturated heterocycles. The Morgan fingerprint density at radius 2 is 2.22 bits per heavy atom. The number of aliphatic hydroxyl groups excluding tert-OH is 1. The topological polar surface area (TPSA) is 32.3 Å². The van der Waals surface area contributed by atoms with Crippen LogP contribution in [0.15, 0.2) is 23.1 Å². The number of alkyl halides is 2. The van der Waals surface area contributed by atoms with E-state index in [4.69, 9.17) is 23.2 Å². The summed E-state index contributed by atoms with van der Waals surface area (Å²) in [5.41, 5.74) is 2.31. The van der Waals surface area contributed by atoms with Gasteiger partial charge in [0.05, 0.1) is 6.10 Å². The summed E-state index contributed by atoms with van der Waals surface area (Å²) in [4.78, 5) is 0.815. The van der Waals surface area contributed by atoms with Gasteiger partial charge < -0.3 is 10.4 Å². The van der Waals surface area contributed by atoms with E-state index in [9.17, 15) is 5.11 Å². The second kappa shape index (κ2) is 6.49. The number of hydrogen-bond donors (Lipinski definition) is 2. The zero-order valence-electron chi connectivity index (χ0n) is 10.2. The third kappa shape index (κ3) is 3.34. The van der Waals surface area contributed by atoms with Gasteiger partial charge in [0, 0.05) is 16.7 Å². The van der Waals surface area contributed by atoms with Gasteiger partial charge in [-0.2, -0.15) is 0 Å². The van der Waals surface area contributed by atoms with Gasteiger partial charge in [0.1, 0.15) is 4.84 Å². The zero-order valence-corrected chi connectivity index (χ0v) is 12.5. The van der Waals surface area contributed by atoms with Gasteiger partial charge in [0.15, 0.2) is 0 Å². The molecule has 5 heteroatoms. The lowest BCUT2D eigenvalue weighted by Gasteiger charge is -2.23. The number of nitrogens with one attached hydrogen (secondary N) is 1. The zero-order chi connectivity index (χ0) is 13.1. The molecule has 0 aliphatic carbocycles. The van der Waals surface area contributed by atoms with Crippen molar-refractivity contribution in [2.45, 2.75) is 34.7 Å². The SMILES string of the molecule is CNC(CC(Cl)Cl)C(O)c1ccc2c(c1)SCC2. The number of aliphatic hydroxyl groups is 1. The second-order valence-corrected chi connectivity index (χ2v) is 6.85. The third-order valence-electron chi connectivity index (χ3n) is 3.25. The monoisotopic (exact) mass is 305 g/mol. The number of halogens is 2. The van der Waals surface area contributed by atoms with Crippen molar-refractivity contribution in [3.63, 3.8) is 0 Å². The van der Waals surface area contributed by atoms with Crippen molar-refractivity contribution in [2.24, 2.45) is 0 Å². The molecule has 0 radical (unpaired) electrons. The quantitative estimate of drug-likeness (QED) is 0.820. The van der Waals surface area contributed by atoms with Gasteiger partial charge in [0.25, 0.3) is 0 Å². The molecule has 1 aromatic rings. The maximum Gasteiger partial charge on any atom is 0.109 e. The van der Waals surface area contributed by atoms with E-state index in [0.717, 1.165) is 17.7 Å². The van der Waals surface area contributed by atoms with Gasteiger partial charge in [-0.1, -0.05) is 12.1 Å². The van der Waals surface area contributed by atoms with Crippen LogP contribution >= 0.6 is 35.0 Å². The van der Waals surface area contributed by atoms with E-state index >= 15 is 0 Å². The highest BCUT2D eigenvalue weighted by molar-refractivity contribution is 7.99. The molecule has 1 aliphatic rings. The molecule has 0 spiro atoms. The van der Waals surface area contributed by atoms with E-state index in [2.05, 4.69) is 17.4 Å². The summed E-state index contributed by atoms with van der Waals surface area (Å²) < 4.78 is 0. The molecule has 2 rings (SSSR count). The fraction of sp³-hybridized carbons (Fsp3) is 0.538. The number of rotatable bonds is 5. The first-order chi connectivity index (χ1) is 8.61. The summed E-state index contributed by atoms with van der Waals surface area (Å²) in [6, 6.07) is 6.06. The average molecular weight is 306 g/mol. The van der Waals surface area contributed by atoms with E-state index in [1.165, 1.54) is 10.5 Å². The largest absolute Gasteiger partial charge is 0.387 e. The molecule has 1 heterocycles. The van der Waals surface area contributed by atoms with E-state index in [-0.39, 0.29) is 6.04 Å². The lowest BCUT2D eigenvalue weighted by Crippen LogP contribution is -2.33. The predicted molar refractivity (Wildman–Crippen MR) is 78.8 cm³/mol. The molecule has 2 atom stereocenters. The maximum atomic E-state index is 10.4. The number of hydrogen-bond acceptors (Lipinski definition) is 3. The van der Waals surface area contributed by atoms with Crippen LogP contribution in [0.5, 0.6) is 0 Å². The number of thioether (sulfide) groups is 1. The summed E-state index contributed by atoms with van der Waals surface area (Å²) in [6.07, 6.45) is 1.06. The molecule has 18 heavy (non-hydrogen) atoms. The smallest absolute Gasteiger partial charge is 0.109 e. The summed E-state index contributed by atoms with van der Waals surface area (Å²) in [5, 5.41) is 13.4. The number of aryl methyl sites for hydroxylation is 1. The van der Waals surface area contributed by atoms with Crippen LogP contribution in [0.4, 0.5) is 0 Å². The molecular weight excluding hydrogens is 289 g/mol. The first-order valence-electron chi connectivity index (χ1n) is 6.01. The molecule has 0 bridgehead atoms. The lowest BCUT2D eigenvalue weighted by molar-refractivity contribution is 0.129. The van der Waals surface area contributed by atoms with Gasteiger partial charge in [-0.25, -0.2) is 0 Å². The molecular formula is C13H17Cl2NOS. The van der Waals surface area contributed by atoms with Crippen LogP contribution < -0.4 is 5.32 Å². The number of likely N-dealkylation sites (N-methyl/N-ethyl adjacent to an activating group) is 1. The average Bonchev–Trinajstić information content (AvgIpc) is 2.81. The third-order valence-corrected chi connectivity index (χ3v) is 4.70. The van der Waals surface area contributed by atoms with Crippen molar-refractivity contribution in [3.05, 3.63) is 29.3 Å². The Bertz CT molecular complexity index is 414. The standard InChI is InChI=1S/C13H17Cl2NOS/c1-16-10(7-12(14)15)13(17)9-3-2-8-4-5-18-11(8)6-9/h2-3,6,10,12-13,16-17H,4-5,7H2,1H3. The van der Waals surface area contributed by atoms with Gasteiger partial charge >= 0.3 is 0 Å². The van der Waals surface area contributed by atoms with E-state index in [0.29, 0.717) is 6.42 Å². The molecule has 1 aromatic carbocycles. The van der Waals surface area contributed by atoms with Gasteiger partial charge in [-0.05, 0) is 37.1 Å². The Labute approximate surface area is 122 Å². The summed E-state index contributed by atoms with van der Waals surface area (Å²) in [7, 11) is 1.81. The van der Waals surface area contributed by atoms with Gasteiger partial charge in [-0.3, -0.25) is 0 Å². The normalized spacial score (nSPS) is 17.8.